The lowest BCUT2D eigenvalue weighted by molar-refractivity contribution is -0.124. The third-order valence-corrected chi connectivity index (χ3v) is 3.93. The van der Waals surface area contributed by atoms with Crippen LogP contribution in [0.4, 0.5) is 0 Å². The highest BCUT2D eigenvalue weighted by Crippen LogP contribution is 2.11. The molecule has 4 heteroatoms. The standard InChI is InChI=1S/C13H22N2OS/c1-4-9(2)12(14)13(16)15-10(3)8-11-6-5-7-17-11/h5-7,9-10,12H,4,8,14H2,1-3H3,(H,15,16). The smallest absolute Gasteiger partial charge is 0.237 e. The fraction of sp³-hybridized carbons (Fsp3) is 0.615. The minimum atomic E-state index is -0.397. The number of thiophene rings is 1. The van der Waals surface area contributed by atoms with Gasteiger partial charge >= 0.3 is 0 Å². The summed E-state index contributed by atoms with van der Waals surface area (Å²) in [6.45, 7) is 6.07. The van der Waals surface area contributed by atoms with E-state index in [2.05, 4.69) is 16.8 Å². The topological polar surface area (TPSA) is 55.1 Å². The summed E-state index contributed by atoms with van der Waals surface area (Å²) in [5.41, 5.74) is 5.88. The van der Waals surface area contributed by atoms with Gasteiger partial charge in [-0.15, -0.1) is 11.3 Å². The molecule has 1 rings (SSSR count). The Kier molecular flexibility index (Phi) is 5.65. The third-order valence-electron chi connectivity index (χ3n) is 3.04. The second kappa shape index (κ2) is 6.77. The molecule has 3 N–H and O–H groups in total. The summed E-state index contributed by atoms with van der Waals surface area (Å²) < 4.78 is 0. The van der Waals surface area contributed by atoms with E-state index in [-0.39, 0.29) is 17.9 Å². The summed E-state index contributed by atoms with van der Waals surface area (Å²) in [5, 5.41) is 5.03. The second-order valence-corrected chi connectivity index (χ2v) is 5.64. The fourth-order valence-corrected chi connectivity index (χ4v) is 2.47. The first-order valence-corrected chi connectivity index (χ1v) is 7.00. The van der Waals surface area contributed by atoms with Gasteiger partial charge in [0.2, 0.25) is 5.91 Å². The highest BCUT2D eigenvalue weighted by atomic mass is 32.1. The number of hydrogen-bond acceptors (Lipinski definition) is 3. The predicted octanol–water partition coefficient (Wildman–Crippen LogP) is 2.17. The van der Waals surface area contributed by atoms with Gasteiger partial charge in [0, 0.05) is 17.3 Å². The Morgan fingerprint density at radius 2 is 2.24 bits per heavy atom. The molecule has 3 nitrogen and oxygen atoms in total. The van der Waals surface area contributed by atoms with Crippen LogP contribution in [0.15, 0.2) is 17.5 Å². The normalized spacial score (nSPS) is 16.2. The van der Waals surface area contributed by atoms with Crippen LogP contribution < -0.4 is 11.1 Å². The van der Waals surface area contributed by atoms with Crippen LogP contribution in [0.1, 0.15) is 32.1 Å². The minimum absolute atomic E-state index is 0.0385. The van der Waals surface area contributed by atoms with Gasteiger partial charge in [0.15, 0.2) is 0 Å². The molecule has 1 aromatic heterocycles. The lowest BCUT2D eigenvalue weighted by Crippen LogP contribution is -2.48. The van der Waals surface area contributed by atoms with E-state index < -0.39 is 6.04 Å². The van der Waals surface area contributed by atoms with Gasteiger partial charge in [-0.25, -0.2) is 0 Å². The highest BCUT2D eigenvalue weighted by molar-refractivity contribution is 7.09. The quantitative estimate of drug-likeness (QED) is 0.817. The van der Waals surface area contributed by atoms with Crippen LogP contribution in [0.5, 0.6) is 0 Å². The SMILES string of the molecule is CCC(C)C(N)C(=O)NC(C)Cc1cccs1. The molecule has 0 radical (unpaired) electrons. The molecule has 0 spiro atoms. The van der Waals surface area contributed by atoms with E-state index in [4.69, 9.17) is 5.73 Å². The highest BCUT2D eigenvalue weighted by Gasteiger charge is 2.20. The summed E-state index contributed by atoms with van der Waals surface area (Å²) in [5.74, 6) is 0.187. The van der Waals surface area contributed by atoms with Gasteiger partial charge in [-0.3, -0.25) is 4.79 Å². The molecule has 96 valence electrons. The first kappa shape index (κ1) is 14.2. The van der Waals surface area contributed by atoms with Crippen molar-refractivity contribution in [3.8, 4) is 0 Å². The molecule has 1 amide bonds. The lowest BCUT2D eigenvalue weighted by Gasteiger charge is -2.20. The maximum absolute atomic E-state index is 11.8. The monoisotopic (exact) mass is 254 g/mol. The summed E-state index contributed by atoms with van der Waals surface area (Å²) in [4.78, 5) is 13.1. The van der Waals surface area contributed by atoms with Crippen LogP contribution in [0.25, 0.3) is 0 Å². The van der Waals surface area contributed by atoms with Crippen LogP contribution in [-0.2, 0) is 11.2 Å². The molecule has 3 atom stereocenters. The molecule has 0 saturated carbocycles. The number of amides is 1. The Bertz CT molecular complexity index is 337. The Balaban J connectivity index is 2.40. The van der Waals surface area contributed by atoms with Crippen LogP contribution in [0.3, 0.4) is 0 Å². The van der Waals surface area contributed by atoms with E-state index in [0.29, 0.717) is 0 Å². The van der Waals surface area contributed by atoms with Crippen molar-refractivity contribution in [3.05, 3.63) is 22.4 Å². The second-order valence-electron chi connectivity index (χ2n) is 4.60. The molecule has 0 saturated heterocycles. The van der Waals surface area contributed by atoms with Crippen molar-refractivity contribution in [1.82, 2.24) is 5.32 Å². The lowest BCUT2D eigenvalue weighted by atomic mass is 9.99. The summed E-state index contributed by atoms with van der Waals surface area (Å²) >= 11 is 1.71. The number of nitrogens with two attached hydrogens (primary N) is 1. The number of carbonyl (C=O) groups is 1. The van der Waals surface area contributed by atoms with E-state index in [1.54, 1.807) is 11.3 Å². The Morgan fingerprint density at radius 3 is 2.76 bits per heavy atom. The van der Waals surface area contributed by atoms with E-state index in [9.17, 15) is 4.79 Å². The van der Waals surface area contributed by atoms with Gasteiger partial charge in [-0.1, -0.05) is 26.3 Å². The maximum Gasteiger partial charge on any atom is 0.237 e. The molecule has 3 unspecified atom stereocenters. The van der Waals surface area contributed by atoms with Crippen LogP contribution in [-0.4, -0.2) is 18.0 Å². The molecule has 17 heavy (non-hydrogen) atoms. The molecule has 0 aromatic carbocycles. The van der Waals surface area contributed by atoms with E-state index in [1.807, 2.05) is 26.8 Å². The van der Waals surface area contributed by atoms with E-state index in [1.165, 1.54) is 4.88 Å². The first-order valence-electron chi connectivity index (χ1n) is 6.13. The number of carbonyl (C=O) groups excluding carboxylic acids is 1. The number of hydrogen-bond donors (Lipinski definition) is 2. The average Bonchev–Trinajstić information content (AvgIpc) is 2.79. The van der Waals surface area contributed by atoms with Crippen LogP contribution in [0.2, 0.25) is 0 Å². The molecule has 0 aliphatic heterocycles. The zero-order chi connectivity index (χ0) is 12.8. The molecule has 1 heterocycles. The van der Waals surface area contributed by atoms with Crippen molar-refractivity contribution >= 4 is 17.2 Å². The minimum Gasteiger partial charge on any atom is -0.352 e. The first-order chi connectivity index (χ1) is 8.04. The maximum atomic E-state index is 11.8. The van der Waals surface area contributed by atoms with Crippen molar-refractivity contribution in [3.63, 3.8) is 0 Å². The number of rotatable bonds is 6. The van der Waals surface area contributed by atoms with Gasteiger partial charge in [-0.2, -0.15) is 0 Å². The molecule has 0 aliphatic rings. The van der Waals surface area contributed by atoms with Crippen molar-refractivity contribution in [2.45, 2.75) is 45.7 Å². The molecule has 0 aliphatic carbocycles. The Morgan fingerprint density at radius 1 is 1.53 bits per heavy atom. The van der Waals surface area contributed by atoms with Gasteiger partial charge in [0.25, 0.3) is 0 Å². The van der Waals surface area contributed by atoms with Crippen LogP contribution >= 0.6 is 11.3 Å². The van der Waals surface area contributed by atoms with E-state index >= 15 is 0 Å². The van der Waals surface area contributed by atoms with E-state index in [0.717, 1.165) is 12.8 Å². The summed E-state index contributed by atoms with van der Waals surface area (Å²) in [6, 6.07) is 3.85. The average molecular weight is 254 g/mol. The Hall–Kier alpha value is -0.870. The van der Waals surface area contributed by atoms with Crippen molar-refractivity contribution in [1.29, 1.82) is 0 Å². The summed E-state index contributed by atoms with van der Waals surface area (Å²) in [6.07, 6.45) is 1.80. The molecule has 1 aromatic rings. The third kappa shape index (κ3) is 4.48. The van der Waals surface area contributed by atoms with Gasteiger partial charge < -0.3 is 11.1 Å². The predicted molar refractivity (Wildman–Crippen MR) is 73.1 cm³/mol. The van der Waals surface area contributed by atoms with Gasteiger partial charge in [0.1, 0.15) is 0 Å². The van der Waals surface area contributed by atoms with Crippen molar-refractivity contribution in [2.75, 3.05) is 0 Å². The molecular weight excluding hydrogens is 232 g/mol. The summed E-state index contributed by atoms with van der Waals surface area (Å²) in [7, 11) is 0. The van der Waals surface area contributed by atoms with Crippen molar-refractivity contribution < 1.29 is 4.79 Å². The van der Waals surface area contributed by atoms with Crippen molar-refractivity contribution in [2.24, 2.45) is 11.7 Å². The fourth-order valence-electron chi connectivity index (χ4n) is 1.63. The largest absolute Gasteiger partial charge is 0.352 e. The van der Waals surface area contributed by atoms with Gasteiger partial charge in [0.05, 0.1) is 6.04 Å². The zero-order valence-corrected chi connectivity index (χ0v) is 11.6. The van der Waals surface area contributed by atoms with Gasteiger partial charge in [-0.05, 0) is 24.3 Å². The molecular formula is C13H22N2OS. The molecule has 0 fully saturated rings. The molecule has 0 bridgehead atoms. The number of nitrogens with one attached hydrogen (secondary N) is 1. The van der Waals surface area contributed by atoms with Crippen LogP contribution in [0, 0.1) is 5.92 Å². The zero-order valence-electron chi connectivity index (χ0n) is 10.8. The Labute approximate surface area is 107 Å².